The van der Waals surface area contributed by atoms with Gasteiger partial charge in [0.2, 0.25) is 0 Å². The van der Waals surface area contributed by atoms with Crippen molar-refractivity contribution in [3.05, 3.63) is 10.2 Å². The Morgan fingerprint density at radius 1 is 1.11 bits per heavy atom. The third-order valence-electron chi connectivity index (χ3n) is 9.70. The fourth-order valence-corrected chi connectivity index (χ4v) is 9.39. The maximum atomic E-state index is 5.18. The molecule has 4 saturated carbocycles. The van der Waals surface area contributed by atoms with Gasteiger partial charge in [0, 0.05) is 11.1 Å². The fraction of sp³-hybridized carbons (Fsp3) is 0.800. The van der Waals surface area contributed by atoms with Crippen LogP contribution in [-0.4, -0.2) is 22.1 Å². The molecule has 154 valence electrons. The van der Waals surface area contributed by atoms with E-state index in [1.165, 1.54) is 69.2 Å². The molecule has 4 fully saturated rings. The second-order valence-electron chi connectivity index (χ2n) is 10.9. The van der Waals surface area contributed by atoms with Crippen LogP contribution in [0.1, 0.15) is 78.6 Å². The van der Waals surface area contributed by atoms with Crippen molar-refractivity contribution in [3.63, 3.8) is 0 Å². The lowest BCUT2D eigenvalue weighted by molar-refractivity contribution is -0.101. The van der Waals surface area contributed by atoms with Gasteiger partial charge in [-0.05, 0) is 96.5 Å². The molecule has 0 aromatic carbocycles. The summed E-state index contributed by atoms with van der Waals surface area (Å²) in [5, 5.41) is 0. The molecular formula is C25H37IN2. The number of nitrogens with zero attached hydrogens (tertiary/aromatic N) is 2. The predicted molar refractivity (Wildman–Crippen MR) is 130 cm³/mol. The standard InChI is InChI=1S/C25H37IN2/c1-17-8-11-24(2)18(14-17)4-5-20-21-6-7-23(25(21,3)12-9-22(20)24)27-15-19-10-13-26-16-28-19/h10,13,16-18,20-22H,4-9,11-12,14-15H2,1-3H3/t17-,18-,20+,21+,22+,24+,25+/m1/s1. The van der Waals surface area contributed by atoms with Crippen molar-refractivity contribution in [2.75, 3.05) is 6.54 Å². The Balaban J connectivity index is 1.36. The highest BCUT2D eigenvalue weighted by Gasteiger charge is 2.59. The molecule has 1 heterocycles. The lowest BCUT2D eigenvalue weighted by Crippen LogP contribution is -2.53. The van der Waals surface area contributed by atoms with Crippen molar-refractivity contribution < 1.29 is 0 Å². The van der Waals surface area contributed by atoms with E-state index < -0.39 is 0 Å². The average Bonchev–Trinajstić information content (AvgIpc) is 3.04. The van der Waals surface area contributed by atoms with E-state index >= 15 is 0 Å². The smallest absolute Gasteiger partial charge is 0.0811 e. The Morgan fingerprint density at radius 2 is 2.00 bits per heavy atom. The molecule has 5 aliphatic rings. The molecule has 0 unspecified atom stereocenters. The van der Waals surface area contributed by atoms with E-state index in [1.54, 1.807) is 0 Å². The predicted octanol–water partition coefficient (Wildman–Crippen LogP) is 6.80. The number of hydrogen-bond donors (Lipinski definition) is 0. The summed E-state index contributed by atoms with van der Waals surface area (Å²) in [5.74, 6) is 4.81. The van der Waals surface area contributed by atoms with Crippen LogP contribution in [0.2, 0.25) is 0 Å². The molecule has 0 aromatic heterocycles. The zero-order valence-corrected chi connectivity index (χ0v) is 20.1. The third kappa shape index (κ3) is 3.13. The SMILES string of the molecule is C[C@@H]1CC[C@@]2(C)[C@H](CC[C@@H]3[C@@H]2CC[C@]2(C)C(=NCC4=NC=IC=C4)CC[C@@H]32)C1. The average molecular weight is 492 g/mol. The Bertz CT molecular complexity index is 750. The lowest BCUT2D eigenvalue weighted by Gasteiger charge is -2.60. The molecule has 0 N–H and O–H groups in total. The number of fused-ring (bicyclic) bond motifs is 5. The van der Waals surface area contributed by atoms with Crippen molar-refractivity contribution >= 4 is 36.3 Å². The van der Waals surface area contributed by atoms with Crippen molar-refractivity contribution in [1.29, 1.82) is 0 Å². The van der Waals surface area contributed by atoms with Gasteiger partial charge in [0.25, 0.3) is 0 Å². The van der Waals surface area contributed by atoms with Gasteiger partial charge in [0.1, 0.15) is 0 Å². The van der Waals surface area contributed by atoms with Gasteiger partial charge < -0.3 is 0 Å². The summed E-state index contributed by atoms with van der Waals surface area (Å²) in [6.07, 6.45) is 15.2. The van der Waals surface area contributed by atoms with Crippen molar-refractivity contribution in [2.24, 2.45) is 50.4 Å². The van der Waals surface area contributed by atoms with E-state index in [1.807, 2.05) is 0 Å². The van der Waals surface area contributed by atoms with E-state index in [4.69, 9.17) is 4.99 Å². The van der Waals surface area contributed by atoms with Crippen LogP contribution in [0, 0.1) is 40.4 Å². The van der Waals surface area contributed by atoms with E-state index in [-0.39, 0.29) is 20.7 Å². The summed E-state index contributed by atoms with van der Waals surface area (Å²) >= 11 is 0.0760. The highest BCUT2D eigenvalue weighted by Crippen LogP contribution is 2.66. The van der Waals surface area contributed by atoms with Crippen molar-refractivity contribution in [1.82, 2.24) is 0 Å². The van der Waals surface area contributed by atoms with Crippen LogP contribution in [0.4, 0.5) is 0 Å². The highest BCUT2D eigenvalue weighted by molar-refractivity contribution is 14.2. The Kier molecular flexibility index (Phi) is 5.21. The molecule has 0 bridgehead atoms. The quantitative estimate of drug-likeness (QED) is 0.379. The first kappa shape index (κ1) is 19.6. The van der Waals surface area contributed by atoms with Crippen LogP contribution in [0.3, 0.4) is 0 Å². The molecule has 1 aliphatic heterocycles. The largest absolute Gasteiger partial charge is 0.287 e. The van der Waals surface area contributed by atoms with Gasteiger partial charge >= 0.3 is 0 Å². The number of halogens is 1. The zero-order chi connectivity index (χ0) is 19.4. The topological polar surface area (TPSA) is 24.7 Å². The molecule has 3 heteroatoms. The van der Waals surface area contributed by atoms with Crippen molar-refractivity contribution in [2.45, 2.75) is 78.6 Å². The molecule has 0 spiro atoms. The molecular weight excluding hydrogens is 455 g/mol. The van der Waals surface area contributed by atoms with Crippen LogP contribution in [0.25, 0.3) is 0 Å². The van der Waals surface area contributed by atoms with Gasteiger partial charge in [-0.1, -0.05) is 47.9 Å². The second-order valence-corrected chi connectivity index (χ2v) is 12.9. The molecule has 0 amide bonds. The number of aliphatic imine (C=N–C) groups is 2. The van der Waals surface area contributed by atoms with Crippen LogP contribution < -0.4 is 0 Å². The fourth-order valence-electron chi connectivity index (χ4n) is 8.07. The molecule has 4 aliphatic carbocycles. The minimum absolute atomic E-state index is 0.0760. The molecule has 5 rings (SSSR count). The van der Waals surface area contributed by atoms with Crippen molar-refractivity contribution in [3.8, 4) is 0 Å². The van der Waals surface area contributed by atoms with Crippen LogP contribution in [0.15, 0.2) is 20.1 Å². The van der Waals surface area contributed by atoms with Gasteiger partial charge in [0.15, 0.2) is 0 Å². The maximum Gasteiger partial charge on any atom is 0.0811 e. The van der Waals surface area contributed by atoms with E-state index in [0.29, 0.717) is 10.8 Å². The third-order valence-corrected chi connectivity index (χ3v) is 11.1. The summed E-state index contributed by atoms with van der Waals surface area (Å²) in [6, 6.07) is 0. The molecule has 0 saturated heterocycles. The summed E-state index contributed by atoms with van der Waals surface area (Å²) < 4.78 is 4.44. The number of hydrogen-bond acceptors (Lipinski definition) is 2. The summed E-state index contributed by atoms with van der Waals surface area (Å²) in [5.41, 5.74) is 3.72. The summed E-state index contributed by atoms with van der Waals surface area (Å²) in [6.45, 7) is 8.57. The first-order valence-electron chi connectivity index (χ1n) is 11.7. The maximum absolute atomic E-state index is 5.18. The van der Waals surface area contributed by atoms with Gasteiger partial charge in [-0.2, -0.15) is 0 Å². The molecule has 0 radical (unpaired) electrons. The van der Waals surface area contributed by atoms with E-state index in [9.17, 15) is 0 Å². The Morgan fingerprint density at radius 3 is 2.82 bits per heavy atom. The molecule has 2 nitrogen and oxygen atoms in total. The van der Waals surface area contributed by atoms with E-state index in [2.05, 4.69) is 40.1 Å². The van der Waals surface area contributed by atoms with Gasteiger partial charge in [-0.25, -0.2) is 0 Å². The lowest BCUT2D eigenvalue weighted by atomic mass is 9.45. The molecule has 7 atom stereocenters. The van der Waals surface area contributed by atoms with E-state index in [0.717, 1.165) is 36.1 Å². The zero-order valence-electron chi connectivity index (χ0n) is 18.0. The normalized spacial score (nSPS) is 49.0. The minimum Gasteiger partial charge on any atom is -0.287 e. The molecule has 0 aromatic rings. The van der Waals surface area contributed by atoms with Crippen LogP contribution >= 0.6 is 20.7 Å². The van der Waals surface area contributed by atoms with Crippen LogP contribution in [0.5, 0.6) is 0 Å². The first-order chi connectivity index (χ1) is 13.5. The second kappa shape index (κ2) is 7.42. The first-order valence-corrected chi connectivity index (χ1v) is 14.2. The Labute approximate surface area is 181 Å². The molecule has 28 heavy (non-hydrogen) atoms. The summed E-state index contributed by atoms with van der Waals surface area (Å²) in [7, 11) is 0. The van der Waals surface area contributed by atoms with Gasteiger partial charge in [0.05, 0.1) is 16.4 Å². The highest BCUT2D eigenvalue weighted by atomic mass is 127. The van der Waals surface area contributed by atoms with Crippen LogP contribution in [-0.2, 0) is 0 Å². The van der Waals surface area contributed by atoms with Gasteiger partial charge in [-0.15, -0.1) is 0 Å². The summed E-state index contributed by atoms with van der Waals surface area (Å²) in [4.78, 5) is 9.77. The minimum atomic E-state index is 0.0760. The number of rotatable bonds is 2. The Hall–Kier alpha value is -0.320. The monoisotopic (exact) mass is 492 g/mol. The van der Waals surface area contributed by atoms with Gasteiger partial charge in [-0.3, -0.25) is 9.98 Å².